The SMILES string of the molecule is CCOC(=O)c1ccc(NC(=O)C2CCN(S(=O)(=O)c3c(C)noc3C=Cc3ccc(C)cc3)CC2)cc1. The van der Waals surface area contributed by atoms with Gasteiger partial charge in [0.2, 0.25) is 15.9 Å². The molecule has 9 nitrogen and oxygen atoms in total. The molecule has 2 heterocycles. The minimum absolute atomic E-state index is 0.0467. The highest BCUT2D eigenvalue weighted by molar-refractivity contribution is 7.89. The Morgan fingerprint density at radius 3 is 2.34 bits per heavy atom. The lowest BCUT2D eigenvalue weighted by Gasteiger charge is -2.30. The van der Waals surface area contributed by atoms with Crippen LogP contribution in [0.15, 0.2) is 57.9 Å². The molecule has 1 amide bonds. The first-order valence-electron chi connectivity index (χ1n) is 12.5. The van der Waals surface area contributed by atoms with Crippen molar-refractivity contribution in [2.45, 2.75) is 38.5 Å². The maximum Gasteiger partial charge on any atom is 0.338 e. The Balaban J connectivity index is 1.39. The van der Waals surface area contributed by atoms with Gasteiger partial charge in [-0.15, -0.1) is 0 Å². The standard InChI is InChI=1S/C28H31N3O6S/c1-4-36-28(33)23-10-12-24(13-11-23)29-27(32)22-15-17-31(18-16-22)38(34,35)26-20(3)30-37-25(26)14-9-21-7-5-19(2)6-8-21/h5-14,22H,4,15-18H2,1-3H3,(H,29,32). The van der Waals surface area contributed by atoms with Crippen LogP contribution in [0.4, 0.5) is 5.69 Å². The van der Waals surface area contributed by atoms with E-state index in [1.165, 1.54) is 4.31 Å². The van der Waals surface area contributed by atoms with Crippen molar-refractivity contribution < 1.29 is 27.3 Å². The Labute approximate surface area is 222 Å². The number of sulfonamides is 1. The number of piperidine rings is 1. The number of hydrogen-bond donors (Lipinski definition) is 1. The fraction of sp³-hybridized carbons (Fsp3) is 0.321. The number of ether oxygens (including phenoxy) is 1. The number of aryl methyl sites for hydroxylation is 2. The quantitative estimate of drug-likeness (QED) is 0.415. The van der Waals surface area contributed by atoms with Crippen LogP contribution < -0.4 is 5.32 Å². The van der Waals surface area contributed by atoms with E-state index in [1.54, 1.807) is 50.3 Å². The van der Waals surface area contributed by atoms with E-state index in [2.05, 4.69) is 10.5 Å². The smallest absolute Gasteiger partial charge is 0.338 e. The van der Waals surface area contributed by atoms with Gasteiger partial charge in [0.25, 0.3) is 0 Å². The number of carbonyl (C=O) groups is 2. The van der Waals surface area contributed by atoms with Crippen molar-refractivity contribution in [1.29, 1.82) is 0 Å². The second-order valence-electron chi connectivity index (χ2n) is 9.17. The number of hydrogen-bond acceptors (Lipinski definition) is 7. The fourth-order valence-corrected chi connectivity index (χ4v) is 6.00. The first-order chi connectivity index (χ1) is 18.2. The summed E-state index contributed by atoms with van der Waals surface area (Å²) in [6, 6.07) is 14.3. The molecule has 0 saturated carbocycles. The lowest BCUT2D eigenvalue weighted by atomic mass is 9.97. The first-order valence-corrected chi connectivity index (χ1v) is 13.9. The van der Waals surface area contributed by atoms with Crippen LogP contribution in [-0.4, -0.2) is 49.5 Å². The van der Waals surface area contributed by atoms with Crippen LogP contribution in [0.25, 0.3) is 12.2 Å². The Hall–Kier alpha value is -3.76. The Morgan fingerprint density at radius 2 is 1.71 bits per heavy atom. The zero-order valence-electron chi connectivity index (χ0n) is 21.6. The molecule has 0 unspecified atom stereocenters. The lowest BCUT2D eigenvalue weighted by Crippen LogP contribution is -2.41. The first kappa shape index (κ1) is 27.3. The molecule has 1 N–H and O–H groups in total. The highest BCUT2D eigenvalue weighted by Crippen LogP contribution is 2.29. The molecule has 1 aliphatic heterocycles. The van der Waals surface area contributed by atoms with Gasteiger partial charge in [0.1, 0.15) is 5.69 Å². The summed E-state index contributed by atoms with van der Waals surface area (Å²) in [5.74, 6) is -0.769. The average Bonchev–Trinajstić information content (AvgIpc) is 3.30. The molecule has 0 atom stereocenters. The van der Waals surface area contributed by atoms with E-state index in [-0.39, 0.29) is 42.2 Å². The van der Waals surface area contributed by atoms with E-state index in [9.17, 15) is 18.0 Å². The Morgan fingerprint density at radius 1 is 1.05 bits per heavy atom. The van der Waals surface area contributed by atoms with Crippen molar-refractivity contribution in [3.63, 3.8) is 0 Å². The van der Waals surface area contributed by atoms with Crippen LogP contribution in [0, 0.1) is 19.8 Å². The predicted molar refractivity (Wildman–Crippen MR) is 144 cm³/mol. The highest BCUT2D eigenvalue weighted by atomic mass is 32.2. The third kappa shape index (κ3) is 6.20. The molecule has 0 aliphatic carbocycles. The third-order valence-corrected chi connectivity index (χ3v) is 8.48. The van der Waals surface area contributed by atoms with Gasteiger partial charge in [-0.1, -0.05) is 41.1 Å². The Bertz CT molecular complexity index is 1420. The number of aromatic nitrogens is 1. The van der Waals surface area contributed by atoms with Crippen molar-refractivity contribution in [2.75, 3.05) is 25.0 Å². The molecule has 200 valence electrons. The number of esters is 1. The third-order valence-electron chi connectivity index (χ3n) is 6.42. The van der Waals surface area contributed by atoms with E-state index < -0.39 is 16.0 Å². The molecule has 0 spiro atoms. The average molecular weight is 538 g/mol. The maximum atomic E-state index is 13.5. The van der Waals surface area contributed by atoms with Crippen molar-refractivity contribution in [2.24, 2.45) is 5.92 Å². The largest absolute Gasteiger partial charge is 0.462 e. The van der Waals surface area contributed by atoms with E-state index in [0.29, 0.717) is 29.8 Å². The summed E-state index contributed by atoms with van der Waals surface area (Å²) >= 11 is 0. The van der Waals surface area contributed by atoms with Gasteiger partial charge in [-0.3, -0.25) is 4.79 Å². The maximum absolute atomic E-state index is 13.5. The summed E-state index contributed by atoms with van der Waals surface area (Å²) in [4.78, 5) is 24.7. The van der Waals surface area contributed by atoms with Crippen LogP contribution in [0.3, 0.4) is 0 Å². The van der Waals surface area contributed by atoms with E-state index >= 15 is 0 Å². The highest BCUT2D eigenvalue weighted by Gasteiger charge is 2.36. The molecular formula is C28H31N3O6S. The minimum Gasteiger partial charge on any atom is -0.462 e. The monoisotopic (exact) mass is 537 g/mol. The zero-order valence-corrected chi connectivity index (χ0v) is 22.5. The van der Waals surface area contributed by atoms with Crippen LogP contribution in [0.2, 0.25) is 0 Å². The summed E-state index contributed by atoms with van der Waals surface area (Å²) in [5.41, 5.74) is 3.30. The second-order valence-corrected chi connectivity index (χ2v) is 11.0. The van der Waals surface area contributed by atoms with Crippen molar-refractivity contribution in [3.05, 3.63) is 76.7 Å². The van der Waals surface area contributed by atoms with E-state index in [1.807, 2.05) is 31.2 Å². The van der Waals surface area contributed by atoms with Gasteiger partial charge < -0.3 is 14.6 Å². The summed E-state index contributed by atoms with van der Waals surface area (Å²) in [6.45, 7) is 6.02. The summed E-state index contributed by atoms with van der Waals surface area (Å²) in [7, 11) is -3.87. The van der Waals surface area contributed by atoms with Crippen molar-refractivity contribution in [3.8, 4) is 0 Å². The van der Waals surface area contributed by atoms with E-state index in [4.69, 9.17) is 9.26 Å². The second kappa shape index (κ2) is 11.7. The number of benzene rings is 2. The fourth-order valence-electron chi connectivity index (χ4n) is 4.28. The van der Waals surface area contributed by atoms with Crippen LogP contribution in [-0.2, 0) is 19.6 Å². The number of nitrogens with zero attached hydrogens (tertiary/aromatic N) is 2. The molecule has 1 aromatic heterocycles. The number of rotatable bonds is 8. The molecular weight excluding hydrogens is 506 g/mol. The molecule has 0 radical (unpaired) electrons. The number of nitrogens with one attached hydrogen (secondary N) is 1. The lowest BCUT2D eigenvalue weighted by molar-refractivity contribution is -0.120. The normalized spacial score (nSPS) is 15.0. The van der Waals surface area contributed by atoms with Gasteiger partial charge >= 0.3 is 5.97 Å². The molecule has 1 fully saturated rings. The molecule has 1 aliphatic rings. The molecule has 38 heavy (non-hydrogen) atoms. The van der Waals surface area contributed by atoms with Gasteiger partial charge in [-0.05, 0) is 69.5 Å². The topological polar surface area (TPSA) is 119 Å². The van der Waals surface area contributed by atoms with Gasteiger partial charge in [0.15, 0.2) is 10.7 Å². The van der Waals surface area contributed by atoms with Crippen LogP contribution in [0.1, 0.15) is 52.7 Å². The van der Waals surface area contributed by atoms with Gasteiger partial charge in [-0.2, -0.15) is 4.31 Å². The predicted octanol–water partition coefficient (Wildman–Crippen LogP) is 4.68. The number of carbonyl (C=O) groups excluding carboxylic acids is 2. The Kier molecular flexibility index (Phi) is 8.43. The molecule has 4 rings (SSSR count). The molecule has 3 aromatic rings. The van der Waals surface area contributed by atoms with Crippen molar-refractivity contribution in [1.82, 2.24) is 9.46 Å². The molecule has 1 saturated heterocycles. The van der Waals surface area contributed by atoms with Crippen LogP contribution in [0.5, 0.6) is 0 Å². The minimum atomic E-state index is -3.87. The number of amides is 1. The van der Waals surface area contributed by atoms with Gasteiger partial charge in [-0.25, -0.2) is 13.2 Å². The van der Waals surface area contributed by atoms with Gasteiger partial charge in [0, 0.05) is 24.7 Å². The molecule has 10 heteroatoms. The summed E-state index contributed by atoms with van der Waals surface area (Å²) < 4.78 is 38.7. The zero-order chi connectivity index (χ0) is 27.3. The van der Waals surface area contributed by atoms with Crippen molar-refractivity contribution >= 4 is 39.7 Å². The van der Waals surface area contributed by atoms with Crippen LogP contribution >= 0.6 is 0 Å². The molecule has 2 aromatic carbocycles. The summed E-state index contributed by atoms with van der Waals surface area (Å²) in [6.07, 6.45) is 4.16. The number of anilines is 1. The van der Waals surface area contributed by atoms with E-state index in [0.717, 1.165) is 11.1 Å². The molecule has 0 bridgehead atoms. The van der Waals surface area contributed by atoms with Gasteiger partial charge in [0.05, 0.1) is 12.2 Å². The summed E-state index contributed by atoms with van der Waals surface area (Å²) in [5, 5.41) is 6.75.